The quantitative estimate of drug-likeness (QED) is 0.0865. The molecule has 0 aromatic rings. The lowest BCUT2D eigenvalue weighted by molar-refractivity contribution is -0.141. The monoisotopic (exact) mass is 729 g/mol. The van der Waals surface area contributed by atoms with E-state index in [9.17, 15) is 14.4 Å². The van der Waals surface area contributed by atoms with Crippen LogP contribution in [0.2, 0.25) is 54.4 Å². The third-order valence-corrected chi connectivity index (χ3v) is 26.2. The van der Waals surface area contributed by atoms with Crippen LogP contribution in [0.3, 0.4) is 0 Å². The van der Waals surface area contributed by atoms with E-state index < -0.39 is 54.7 Å². The highest BCUT2D eigenvalue weighted by Gasteiger charge is 2.48. The second-order valence-corrected chi connectivity index (χ2v) is 32.6. The second kappa shape index (κ2) is 18.3. The normalized spacial score (nSPS) is 18.9. The van der Waals surface area contributed by atoms with Crippen LogP contribution in [0.4, 0.5) is 0 Å². The summed E-state index contributed by atoms with van der Waals surface area (Å²) in [6, 6.07) is 2.92. The largest absolute Gasteiger partial charge is 0.413 e. The molecule has 48 heavy (non-hydrogen) atoms. The molecule has 8 atom stereocenters. The lowest BCUT2D eigenvalue weighted by Crippen LogP contribution is -2.54. The highest BCUT2D eigenvalue weighted by atomic mass is 28.4. The molecule has 0 aliphatic carbocycles. The maximum Gasteiger partial charge on any atom is 0.192 e. The van der Waals surface area contributed by atoms with Crippen molar-refractivity contribution in [1.82, 2.24) is 0 Å². The number of hydrogen-bond acceptors (Lipinski definition) is 6. The minimum absolute atomic E-state index is 0.0444. The smallest absolute Gasteiger partial charge is 0.192 e. The average Bonchev–Trinajstić information content (AvgIpc) is 2.99. The van der Waals surface area contributed by atoms with Crippen LogP contribution in [0.1, 0.15) is 124 Å². The van der Waals surface area contributed by atoms with Gasteiger partial charge >= 0.3 is 0 Å². The van der Waals surface area contributed by atoms with E-state index in [4.69, 9.17) is 13.3 Å². The summed E-state index contributed by atoms with van der Waals surface area (Å²) in [5.74, 6) is -2.37. The zero-order valence-corrected chi connectivity index (χ0v) is 38.5. The second-order valence-electron chi connectivity index (χ2n) is 18.3. The Morgan fingerprint density at radius 2 is 0.896 bits per heavy atom. The van der Waals surface area contributed by atoms with Crippen molar-refractivity contribution in [3.63, 3.8) is 0 Å². The maximum atomic E-state index is 14.5. The molecule has 0 N–H and O–H groups in total. The molecule has 0 radical (unpaired) electrons. The Morgan fingerprint density at radius 3 is 1.21 bits per heavy atom. The van der Waals surface area contributed by atoms with Crippen LogP contribution in [-0.2, 0) is 27.7 Å². The molecule has 0 aliphatic heterocycles. The topological polar surface area (TPSA) is 78.9 Å². The number of ketones is 3. The van der Waals surface area contributed by atoms with Crippen LogP contribution in [0.15, 0.2) is 0 Å². The van der Waals surface area contributed by atoms with Crippen molar-refractivity contribution in [2.75, 3.05) is 0 Å². The molecule has 0 fully saturated rings. The van der Waals surface area contributed by atoms with Gasteiger partial charge < -0.3 is 13.3 Å². The molecule has 0 saturated heterocycles. The van der Waals surface area contributed by atoms with Gasteiger partial charge in [-0.25, -0.2) is 0 Å². The zero-order valence-electron chi connectivity index (χ0n) is 35.5. The molecular formula is C39H80O6Si3. The number of rotatable bonds is 21. The minimum Gasteiger partial charge on any atom is -0.413 e. The van der Waals surface area contributed by atoms with E-state index in [2.05, 4.69) is 109 Å². The fraction of sp³-hybridized carbons (Fsp3) is 0.923. The van der Waals surface area contributed by atoms with E-state index in [0.717, 1.165) is 18.1 Å². The first-order valence-electron chi connectivity index (χ1n) is 19.2. The first-order chi connectivity index (χ1) is 21.5. The number of carbonyl (C=O) groups excluding carboxylic acids is 3. The van der Waals surface area contributed by atoms with Crippen LogP contribution in [-0.4, -0.2) is 60.6 Å². The lowest BCUT2D eigenvalue weighted by atomic mass is 9.77. The van der Waals surface area contributed by atoms with Crippen LogP contribution in [0.5, 0.6) is 0 Å². The van der Waals surface area contributed by atoms with Gasteiger partial charge in [-0.1, -0.05) is 111 Å². The molecule has 0 rings (SSSR count). The van der Waals surface area contributed by atoms with Gasteiger partial charge in [0.05, 0.1) is 24.2 Å². The Labute approximate surface area is 301 Å². The Morgan fingerprint density at radius 1 is 0.542 bits per heavy atom. The zero-order chi connectivity index (χ0) is 38.4. The number of hydrogen-bond donors (Lipinski definition) is 0. The summed E-state index contributed by atoms with van der Waals surface area (Å²) in [4.78, 5) is 41.9. The molecule has 0 aliphatic rings. The van der Waals surface area contributed by atoms with Gasteiger partial charge in [-0.05, 0) is 67.2 Å². The Bertz CT molecular complexity index is 1030. The van der Waals surface area contributed by atoms with Crippen molar-refractivity contribution in [3.05, 3.63) is 0 Å². The highest BCUT2D eigenvalue weighted by molar-refractivity contribution is 6.74. The Kier molecular flexibility index (Phi) is 18.2. The van der Waals surface area contributed by atoms with Gasteiger partial charge in [0.2, 0.25) is 0 Å². The summed E-state index contributed by atoms with van der Waals surface area (Å²) in [6.45, 7) is 44.7. The predicted octanol–water partition coefficient (Wildman–Crippen LogP) is 11.1. The summed E-state index contributed by atoms with van der Waals surface area (Å²) in [7, 11) is -6.60. The van der Waals surface area contributed by atoms with E-state index in [-0.39, 0.29) is 51.5 Å². The SMILES string of the molecule is CCC(=O)[C@H](C)[C@H](O[Si](C)(C)C(C)(C)C)[C@H](C)C(=O)[C@@H](C)C(=O)[C@H](C)[C@H](O[Si](CC)(CC)CC)[C@H](C)[C@H](O[Si](C)(C)C(C)(C)C)C(C)C. The molecule has 0 amide bonds. The minimum atomic E-state index is -2.33. The first-order valence-corrected chi connectivity index (χ1v) is 27.5. The molecule has 0 saturated carbocycles. The summed E-state index contributed by atoms with van der Waals surface area (Å²) >= 11 is 0. The van der Waals surface area contributed by atoms with Crippen molar-refractivity contribution in [1.29, 1.82) is 0 Å². The van der Waals surface area contributed by atoms with Crippen molar-refractivity contribution in [2.24, 2.45) is 35.5 Å². The number of Topliss-reactive ketones (excluding diaryl/α,β-unsaturated/α-hetero) is 3. The van der Waals surface area contributed by atoms with Crippen LogP contribution in [0, 0.1) is 35.5 Å². The fourth-order valence-corrected chi connectivity index (χ4v) is 12.4. The molecular weight excluding hydrogens is 649 g/mol. The third kappa shape index (κ3) is 11.8. The van der Waals surface area contributed by atoms with E-state index in [1.807, 2.05) is 27.7 Å². The van der Waals surface area contributed by atoms with E-state index in [1.54, 1.807) is 6.92 Å². The molecule has 0 aromatic heterocycles. The summed E-state index contributed by atoms with van der Waals surface area (Å²) in [5.41, 5.74) is 0. The first kappa shape index (κ1) is 47.5. The molecule has 9 heteroatoms. The highest BCUT2D eigenvalue weighted by Crippen LogP contribution is 2.42. The Hall–Kier alpha value is -0.459. The number of carbonyl (C=O) groups is 3. The van der Waals surface area contributed by atoms with Gasteiger partial charge in [0, 0.05) is 30.1 Å². The van der Waals surface area contributed by atoms with Gasteiger partial charge in [0.25, 0.3) is 0 Å². The molecule has 6 nitrogen and oxygen atoms in total. The molecule has 284 valence electrons. The van der Waals surface area contributed by atoms with Crippen molar-refractivity contribution in [2.45, 2.75) is 197 Å². The molecule has 0 unspecified atom stereocenters. The maximum absolute atomic E-state index is 14.5. The Balaban J connectivity index is 6.87. The van der Waals surface area contributed by atoms with E-state index >= 15 is 0 Å². The van der Waals surface area contributed by atoms with Gasteiger partial charge in [0.15, 0.2) is 25.0 Å². The van der Waals surface area contributed by atoms with Crippen molar-refractivity contribution < 1.29 is 27.7 Å². The predicted molar refractivity (Wildman–Crippen MR) is 212 cm³/mol. The van der Waals surface area contributed by atoms with Gasteiger partial charge in [-0.3, -0.25) is 14.4 Å². The average molecular weight is 729 g/mol. The van der Waals surface area contributed by atoms with Gasteiger partial charge in [0.1, 0.15) is 17.3 Å². The summed E-state index contributed by atoms with van der Waals surface area (Å²) in [6.07, 6.45) is -0.650. The van der Waals surface area contributed by atoms with Crippen LogP contribution >= 0.6 is 0 Å². The van der Waals surface area contributed by atoms with Crippen LogP contribution in [0.25, 0.3) is 0 Å². The molecule has 0 spiro atoms. The molecule has 0 aromatic carbocycles. The standard InChI is InChI=1S/C39H80O6Si3/c1-22-32(40)27(7)36(44-47(20,21)39(15,16)17)29(9)33(41)28(8)34(42)30(10)37(45-48(23-2,24-3)25-4)31(11)35(26(5)6)43-46(18,19)38(12,13)14/h26-31,35-37H,22-25H2,1-21H3/t27-,28+,29+,30-,31+,35+,36-,37-/m0/s1. The van der Waals surface area contributed by atoms with Crippen molar-refractivity contribution in [3.8, 4) is 0 Å². The summed E-state index contributed by atoms with van der Waals surface area (Å²) < 4.78 is 21.2. The van der Waals surface area contributed by atoms with Gasteiger partial charge in [-0.2, -0.15) is 0 Å². The van der Waals surface area contributed by atoms with Gasteiger partial charge in [-0.15, -0.1) is 0 Å². The molecule has 0 heterocycles. The summed E-state index contributed by atoms with van der Waals surface area (Å²) in [5, 5.41) is -0.0455. The van der Waals surface area contributed by atoms with E-state index in [1.165, 1.54) is 0 Å². The van der Waals surface area contributed by atoms with E-state index in [0.29, 0.717) is 6.42 Å². The third-order valence-electron chi connectivity index (χ3n) is 12.6. The lowest BCUT2D eigenvalue weighted by Gasteiger charge is -2.46. The fourth-order valence-electron chi connectivity index (χ4n) is 6.42. The molecule has 0 bridgehead atoms. The van der Waals surface area contributed by atoms with Crippen LogP contribution < -0.4 is 0 Å². The van der Waals surface area contributed by atoms with Crippen molar-refractivity contribution >= 4 is 42.3 Å².